The van der Waals surface area contributed by atoms with Crippen molar-refractivity contribution in [3.05, 3.63) is 46.9 Å². The molecule has 3 heterocycles. The Bertz CT molecular complexity index is 815. The number of ether oxygens (including phenoxy) is 1. The van der Waals surface area contributed by atoms with Gasteiger partial charge in [0.25, 0.3) is 0 Å². The van der Waals surface area contributed by atoms with E-state index in [1.165, 1.54) is 10.6 Å². The third-order valence-corrected chi connectivity index (χ3v) is 5.17. The molecule has 1 aromatic carbocycles. The first-order valence-corrected chi connectivity index (χ1v) is 9.00. The molecule has 2 aromatic heterocycles. The molecule has 4 rings (SSSR count). The lowest BCUT2D eigenvalue weighted by Gasteiger charge is -2.29. The summed E-state index contributed by atoms with van der Waals surface area (Å²) in [6, 6.07) is 10.7. The number of hydrogen-bond acceptors (Lipinski definition) is 6. The molecule has 1 aliphatic heterocycles. The number of benzene rings is 1. The predicted molar refractivity (Wildman–Crippen MR) is 99.0 cm³/mol. The average Bonchev–Trinajstić information content (AvgIpc) is 3.14. The zero-order valence-corrected chi connectivity index (χ0v) is 14.5. The van der Waals surface area contributed by atoms with Crippen molar-refractivity contribution in [3.63, 3.8) is 0 Å². The van der Waals surface area contributed by atoms with Crippen LogP contribution in [0.1, 0.15) is 4.88 Å². The van der Waals surface area contributed by atoms with Crippen molar-refractivity contribution in [2.45, 2.75) is 6.54 Å². The summed E-state index contributed by atoms with van der Waals surface area (Å²) in [4.78, 5) is 14.9. The Morgan fingerprint density at radius 1 is 1.21 bits per heavy atom. The minimum Gasteiger partial charge on any atom is -0.378 e. The highest BCUT2D eigenvalue weighted by Crippen LogP contribution is 2.28. The van der Waals surface area contributed by atoms with Gasteiger partial charge in [-0.25, -0.2) is 9.97 Å². The molecule has 5 nitrogen and oxygen atoms in total. The molecule has 1 aliphatic rings. The Kier molecular flexibility index (Phi) is 4.32. The highest BCUT2D eigenvalue weighted by atomic mass is 32.1. The van der Waals surface area contributed by atoms with Crippen LogP contribution < -0.4 is 9.80 Å². The van der Waals surface area contributed by atoms with Crippen LogP contribution in [0.25, 0.3) is 10.9 Å². The summed E-state index contributed by atoms with van der Waals surface area (Å²) in [5.74, 6) is 0.975. The average molecular weight is 340 g/mol. The highest BCUT2D eigenvalue weighted by molar-refractivity contribution is 7.09. The second-order valence-corrected chi connectivity index (χ2v) is 6.97. The van der Waals surface area contributed by atoms with Gasteiger partial charge in [-0.1, -0.05) is 6.07 Å². The van der Waals surface area contributed by atoms with E-state index in [0.717, 1.165) is 49.6 Å². The molecule has 0 unspecified atom stereocenters. The molecule has 0 bridgehead atoms. The highest BCUT2D eigenvalue weighted by Gasteiger charge is 2.15. The minimum absolute atomic E-state index is 0.786. The fourth-order valence-corrected chi connectivity index (χ4v) is 3.82. The van der Waals surface area contributed by atoms with Crippen LogP contribution in [0, 0.1) is 0 Å². The van der Waals surface area contributed by atoms with Crippen molar-refractivity contribution in [1.29, 1.82) is 0 Å². The monoisotopic (exact) mass is 340 g/mol. The van der Waals surface area contributed by atoms with Crippen LogP contribution in [0.2, 0.25) is 0 Å². The van der Waals surface area contributed by atoms with Gasteiger partial charge in [-0.05, 0) is 29.6 Å². The number of aromatic nitrogens is 2. The number of nitrogens with zero attached hydrogens (tertiary/aromatic N) is 4. The van der Waals surface area contributed by atoms with Crippen molar-refractivity contribution in [2.24, 2.45) is 0 Å². The van der Waals surface area contributed by atoms with Crippen molar-refractivity contribution >= 4 is 33.7 Å². The van der Waals surface area contributed by atoms with Crippen molar-refractivity contribution in [3.8, 4) is 0 Å². The van der Waals surface area contributed by atoms with Crippen molar-refractivity contribution < 1.29 is 4.74 Å². The second kappa shape index (κ2) is 6.75. The summed E-state index contributed by atoms with van der Waals surface area (Å²) in [7, 11) is 2.09. The first-order chi connectivity index (χ1) is 11.8. The lowest BCUT2D eigenvalue weighted by atomic mass is 10.1. The SMILES string of the molecule is CN(Cc1cccs1)c1ncnc2ccc(N3CCOCC3)cc12. The maximum absolute atomic E-state index is 5.46. The maximum atomic E-state index is 5.46. The number of rotatable bonds is 4. The first kappa shape index (κ1) is 15.4. The molecular weight excluding hydrogens is 320 g/mol. The largest absolute Gasteiger partial charge is 0.378 e. The van der Waals surface area contributed by atoms with E-state index in [9.17, 15) is 0 Å². The molecule has 0 aliphatic carbocycles. The molecule has 0 spiro atoms. The number of fused-ring (bicyclic) bond motifs is 1. The standard InChI is InChI=1S/C18H20N4OS/c1-21(12-15-3-2-10-24-15)18-16-11-14(22-6-8-23-9-7-22)4-5-17(16)19-13-20-18/h2-5,10-11,13H,6-9,12H2,1H3. The number of hydrogen-bond donors (Lipinski definition) is 0. The smallest absolute Gasteiger partial charge is 0.140 e. The molecule has 0 amide bonds. The van der Waals surface area contributed by atoms with Gasteiger partial charge in [-0.3, -0.25) is 0 Å². The number of anilines is 2. The Morgan fingerprint density at radius 3 is 2.88 bits per heavy atom. The van der Waals surface area contributed by atoms with E-state index in [1.807, 2.05) is 0 Å². The summed E-state index contributed by atoms with van der Waals surface area (Å²) in [5, 5.41) is 3.21. The van der Waals surface area contributed by atoms with Gasteiger partial charge < -0.3 is 14.5 Å². The zero-order valence-electron chi connectivity index (χ0n) is 13.7. The van der Waals surface area contributed by atoms with Crippen LogP contribution in [0.4, 0.5) is 11.5 Å². The summed E-state index contributed by atoms with van der Waals surface area (Å²) in [5.41, 5.74) is 2.20. The quantitative estimate of drug-likeness (QED) is 0.730. The van der Waals surface area contributed by atoms with Gasteiger partial charge in [-0.15, -0.1) is 11.3 Å². The van der Waals surface area contributed by atoms with E-state index in [4.69, 9.17) is 4.74 Å². The van der Waals surface area contributed by atoms with Gasteiger partial charge in [0.05, 0.1) is 25.3 Å². The van der Waals surface area contributed by atoms with Gasteiger partial charge in [0.1, 0.15) is 12.1 Å². The molecule has 0 saturated carbocycles. The Morgan fingerprint density at radius 2 is 2.08 bits per heavy atom. The van der Waals surface area contributed by atoms with E-state index < -0.39 is 0 Å². The van der Waals surface area contributed by atoms with Crippen LogP contribution in [0.5, 0.6) is 0 Å². The lowest BCUT2D eigenvalue weighted by molar-refractivity contribution is 0.122. The summed E-state index contributed by atoms with van der Waals surface area (Å²) in [6.07, 6.45) is 1.65. The molecule has 24 heavy (non-hydrogen) atoms. The molecule has 0 N–H and O–H groups in total. The lowest BCUT2D eigenvalue weighted by Crippen LogP contribution is -2.36. The molecule has 0 radical (unpaired) electrons. The third-order valence-electron chi connectivity index (χ3n) is 4.31. The summed E-state index contributed by atoms with van der Waals surface area (Å²) < 4.78 is 5.46. The van der Waals surface area contributed by atoms with Crippen LogP contribution in [0.15, 0.2) is 42.0 Å². The Balaban J connectivity index is 1.69. The zero-order chi connectivity index (χ0) is 16.4. The van der Waals surface area contributed by atoms with Gasteiger partial charge in [0.15, 0.2) is 0 Å². The predicted octanol–water partition coefficient (Wildman–Crippen LogP) is 3.16. The number of morpholine rings is 1. The van der Waals surface area contributed by atoms with Gasteiger partial charge in [-0.2, -0.15) is 0 Å². The minimum atomic E-state index is 0.786. The van der Waals surface area contributed by atoms with Crippen LogP contribution in [-0.4, -0.2) is 43.3 Å². The van der Waals surface area contributed by atoms with E-state index in [0.29, 0.717) is 0 Å². The molecule has 1 saturated heterocycles. The molecular formula is C18H20N4OS. The normalized spacial score (nSPS) is 15.0. The molecule has 1 fully saturated rings. The van der Waals surface area contributed by atoms with E-state index >= 15 is 0 Å². The van der Waals surface area contributed by atoms with Crippen molar-refractivity contribution in [1.82, 2.24) is 9.97 Å². The van der Waals surface area contributed by atoms with E-state index in [-0.39, 0.29) is 0 Å². The topological polar surface area (TPSA) is 41.5 Å². The summed E-state index contributed by atoms with van der Waals surface area (Å²) >= 11 is 1.77. The van der Waals surface area contributed by atoms with Crippen LogP contribution in [0.3, 0.4) is 0 Å². The maximum Gasteiger partial charge on any atom is 0.140 e. The first-order valence-electron chi connectivity index (χ1n) is 8.12. The van der Waals surface area contributed by atoms with Crippen molar-refractivity contribution in [2.75, 3.05) is 43.2 Å². The fraction of sp³-hybridized carbons (Fsp3) is 0.333. The number of thiophene rings is 1. The Hall–Kier alpha value is -2.18. The Labute approximate surface area is 145 Å². The van der Waals surface area contributed by atoms with Crippen LogP contribution in [-0.2, 0) is 11.3 Å². The molecule has 0 atom stereocenters. The summed E-state index contributed by atoms with van der Waals surface area (Å²) in [6.45, 7) is 4.29. The second-order valence-electron chi connectivity index (χ2n) is 5.93. The molecule has 124 valence electrons. The van der Waals surface area contributed by atoms with E-state index in [2.05, 4.69) is 62.5 Å². The van der Waals surface area contributed by atoms with Crippen LogP contribution >= 0.6 is 11.3 Å². The third kappa shape index (κ3) is 3.07. The van der Waals surface area contributed by atoms with Gasteiger partial charge >= 0.3 is 0 Å². The molecule has 3 aromatic rings. The fourth-order valence-electron chi connectivity index (χ4n) is 3.06. The van der Waals surface area contributed by atoms with Gasteiger partial charge in [0, 0.05) is 36.1 Å². The molecule has 6 heteroatoms. The van der Waals surface area contributed by atoms with E-state index in [1.54, 1.807) is 17.7 Å². The van der Waals surface area contributed by atoms with Gasteiger partial charge in [0.2, 0.25) is 0 Å².